The van der Waals surface area contributed by atoms with Crippen LogP contribution in [0.15, 0.2) is 54.6 Å². The van der Waals surface area contributed by atoms with Gasteiger partial charge in [-0.25, -0.2) is 9.59 Å². The quantitative estimate of drug-likeness (QED) is 0.785. The van der Waals surface area contributed by atoms with Gasteiger partial charge in [0.1, 0.15) is 0 Å². The molecule has 1 N–H and O–H groups in total. The molecule has 0 atom stereocenters. The Morgan fingerprint density at radius 1 is 1.00 bits per heavy atom. The van der Waals surface area contributed by atoms with Crippen molar-refractivity contribution >= 4 is 17.7 Å². The second kappa shape index (κ2) is 9.44. The second-order valence-electron chi connectivity index (χ2n) is 5.40. The highest BCUT2D eigenvalue weighted by Gasteiger charge is 2.14. The van der Waals surface area contributed by atoms with Crippen molar-refractivity contribution in [3.05, 3.63) is 65.7 Å². The molecule has 0 unspecified atom stereocenters. The SMILES string of the molecule is COCCN(Cc1ccccc1)C(=O)Nc1ccc(C(=O)OC)cc1. The highest BCUT2D eigenvalue weighted by molar-refractivity contribution is 5.92. The van der Waals surface area contributed by atoms with E-state index in [9.17, 15) is 9.59 Å². The van der Waals surface area contributed by atoms with Crippen molar-refractivity contribution in [3.8, 4) is 0 Å². The van der Waals surface area contributed by atoms with Crippen molar-refractivity contribution in [1.82, 2.24) is 4.90 Å². The van der Waals surface area contributed by atoms with Crippen molar-refractivity contribution in [2.45, 2.75) is 6.54 Å². The van der Waals surface area contributed by atoms with E-state index in [1.54, 1.807) is 36.3 Å². The zero-order valence-electron chi connectivity index (χ0n) is 14.4. The number of nitrogens with one attached hydrogen (secondary N) is 1. The second-order valence-corrected chi connectivity index (χ2v) is 5.40. The first kappa shape index (κ1) is 18.5. The first-order chi connectivity index (χ1) is 12.1. The molecule has 2 aromatic rings. The molecule has 2 amide bonds. The number of esters is 1. The molecule has 0 saturated heterocycles. The molecule has 132 valence electrons. The number of hydrogen-bond donors (Lipinski definition) is 1. The summed E-state index contributed by atoms with van der Waals surface area (Å²) in [6.45, 7) is 1.40. The number of rotatable bonds is 7. The molecule has 0 spiro atoms. The van der Waals surface area contributed by atoms with Crippen LogP contribution in [-0.4, -0.2) is 44.3 Å². The Labute approximate surface area is 147 Å². The topological polar surface area (TPSA) is 67.9 Å². The van der Waals surface area contributed by atoms with Gasteiger partial charge >= 0.3 is 12.0 Å². The van der Waals surface area contributed by atoms with Crippen LogP contribution in [0.5, 0.6) is 0 Å². The minimum absolute atomic E-state index is 0.230. The molecule has 25 heavy (non-hydrogen) atoms. The van der Waals surface area contributed by atoms with Gasteiger partial charge in [-0.3, -0.25) is 0 Å². The first-order valence-corrected chi connectivity index (χ1v) is 7.91. The Morgan fingerprint density at radius 3 is 2.28 bits per heavy atom. The molecule has 2 rings (SSSR count). The lowest BCUT2D eigenvalue weighted by Gasteiger charge is -2.23. The Kier molecular flexibility index (Phi) is 6.98. The fraction of sp³-hybridized carbons (Fsp3) is 0.263. The minimum atomic E-state index is -0.413. The third-order valence-corrected chi connectivity index (χ3v) is 3.63. The number of methoxy groups -OCH3 is 2. The number of carbonyl (C=O) groups is 2. The van der Waals surface area contributed by atoms with Crippen LogP contribution < -0.4 is 5.32 Å². The summed E-state index contributed by atoms with van der Waals surface area (Å²) in [6, 6.07) is 16.1. The van der Waals surface area contributed by atoms with Gasteiger partial charge < -0.3 is 19.7 Å². The van der Waals surface area contributed by atoms with Crippen LogP contribution in [0.4, 0.5) is 10.5 Å². The summed E-state index contributed by atoms with van der Waals surface area (Å²) in [7, 11) is 2.93. The van der Waals surface area contributed by atoms with Crippen LogP contribution in [0.1, 0.15) is 15.9 Å². The van der Waals surface area contributed by atoms with Crippen LogP contribution in [0, 0.1) is 0 Å². The fourth-order valence-corrected chi connectivity index (χ4v) is 2.27. The first-order valence-electron chi connectivity index (χ1n) is 7.91. The standard InChI is InChI=1S/C19H22N2O4/c1-24-13-12-21(14-15-6-4-3-5-7-15)19(23)20-17-10-8-16(9-11-17)18(22)25-2/h3-11H,12-14H2,1-2H3,(H,20,23). The Hall–Kier alpha value is -2.86. The molecule has 0 heterocycles. The summed E-state index contributed by atoms with van der Waals surface area (Å²) in [5.41, 5.74) is 2.07. The molecule has 6 nitrogen and oxygen atoms in total. The largest absolute Gasteiger partial charge is 0.465 e. The predicted octanol–water partition coefficient (Wildman–Crippen LogP) is 3.15. The number of carbonyl (C=O) groups excluding carboxylic acids is 2. The molecule has 0 radical (unpaired) electrons. The van der Waals surface area contributed by atoms with E-state index in [4.69, 9.17) is 4.74 Å². The van der Waals surface area contributed by atoms with E-state index in [1.165, 1.54) is 7.11 Å². The number of ether oxygens (including phenoxy) is 2. The fourth-order valence-electron chi connectivity index (χ4n) is 2.27. The highest BCUT2D eigenvalue weighted by Crippen LogP contribution is 2.12. The Bertz CT molecular complexity index is 686. The number of amides is 2. The average molecular weight is 342 g/mol. The molecule has 0 aromatic heterocycles. The van der Waals surface area contributed by atoms with Crippen molar-refractivity contribution in [3.63, 3.8) is 0 Å². The van der Waals surface area contributed by atoms with Crippen molar-refractivity contribution in [1.29, 1.82) is 0 Å². The van der Waals surface area contributed by atoms with E-state index in [-0.39, 0.29) is 6.03 Å². The van der Waals surface area contributed by atoms with E-state index in [2.05, 4.69) is 10.1 Å². The molecule has 6 heteroatoms. The Balaban J connectivity index is 2.04. The van der Waals surface area contributed by atoms with E-state index >= 15 is 0 Å². The molecule has 0 bridgehead atoms. The lowest BCUT2D eigenvalue weighted by Crippen LogP contribution is -2.36. The Morgan fingerprint density at radius 2 is 1.68 bits per heavy atom. The highest BCUT2D eigenvalue weighted by atomic mass is 16.5. The van der Waals surface area contributed by atoms with Crippen molar-refractivity contribution in [2.75, 3.05) is 32.7 Å². The third-order valence-electron chi connectivity index (χ3n) is 3.63. The van der Waals surface area contributed by atoms with Gasteiger partial charge in [-0.05, 0) is 29.8 Å². The summed E-state index contributed by atoms with van der Waals surface area (Å²) < 4.78 is 9.75. The van der Waals surface area contributed by atoms with Crippen LogP contribution in [0.2, 0.25) is 0 Å². The van der Waals surface area contributed by atoms with Gasteiger partial charge in [0, 0.05) is 25.9 Å². The summed E-state index contributed by atoms with van der Waals surface area (Å²) in [4.78, 5) is 25.7. The van der Waals surface area contributed by atoms with Crippen LogP contribution >= 0.6 is 0 Å². The van der Waals surface area contributed by atoms with Gasteiger partial charge in [-0.1, -0.05) is 30.3 Å². The lowest BCUT2D eigenvalue weighted by atomic mass is 10.2. The monoisotopic (exact) mass is 342 g/mol. The van der Waals surface area contributed by atoms with Gasteiger partial charge in [-0.2, -0.15) is 0 Å². The van der Waals surface area contributed by atoms with Crippen LogP contribution in [0.25, 0.3) is 0 Å². The van der Waals surface area contributed by atoms with Crippen molar-refractivity contribution < 1.29 is 19.1 Å². The number of urea groups is 1. The van der Waals surface area contributed by atoms with Crippen molar-refractivity contribution in [2.24, 2.45) is 0 Å². The number of anilines is 1. The predicted molar refractivity (Wildman–Crippen MR) is 95.5 cm³/mol. The van der Waals surface area contributed by atoms with E-state index in [1.807, 2.05) is 30.3 Å². The molecule has 0 aliphatic carbocycles. The molecule has 0 aliphatic rings. The summed E-state index contributed by atoms with van der Waals surface area (Å²) in [5.74, 6) is -0.413. The maximum Gasteiger partial charge on any atom is 0.337 e. The summed E-state index contributed by atoms with van der Waals surface area (Å²) >= 11 is 0. The van der Waals surface area contributed by atoms with Crippen LogP contribution in [0.3, 0.4) is 0 Å². The maximum absolute atomic E-state index is 12.6. The van der Waals surface area contributed by atoms with Gasteiger partial charge in [0.2, 0.25) is 0 Å². The van der Waals surface area contributed by atoms with E-state index in [0.29, 0.717) is 30.9 Å². The molecule has 0 fully saturated rings. The smallest absolute Gasteiger partial charge is 0.337 e. The van der Waals surface area contributed by atoms with E-state index in [0.717, 1.165) is 5.56 Å². The van der Waals surface area contributed by atoms with Gasteiger partial charge in [0.05, 0.1) is 19.3 Å². The molecular formula is C19H22N2O4. The molecule has 0 saturated carbocycles. The number of hydrogen-bond acceptors (Lipinski definition) is 4. The zero-order valence-corrected chi connectivity index (χ0v) is 14.4. The lowest BCUT2D eigenvalue weighted by molar-refractivity contribution is 0.0600. The van der Waals surface area contributed by atoms with Gasteiger partial charge in [0.25, 0.3) is 0 Å². The third kappa shape index (κ3) is 5.61. The molecule has 2 aromatic carbocycles. The van der Waals surface area contributed by atoms with Gasteiger partial charge in [-0.15, -0.1) is 0 Å². The summed E-state index contributed by atoms with van der Waals surface area (Å²) in [5, 5.41) is 2.83. The summed E-state index contributed by atoms with van der Waals surface area (Å²) in [6.07, 6.45) is 0. The minimum Gasteiger partial charge on any atom is -0.465 e. The zero-order chi connectivity index (χ0) is 18.1. The molecule has 0 aliphatic heterocycles. The van der Waals surface area contributed by atoms with E-state index < -0.39 is 5.97 Å². The van der Waals surface area contributed by atoms with Crippen LogP contribution in [-0.2, 0) is 16.0 Å². The number of benzene rings is 2. The maximum atomic E-state index is 12.6. The normalized spacial score (nSPS) is 10.2. The van der Waals surface area contributed by atoms with Gasteiger partial charge in [0.15, 0.2) is 0 Å². The average Bonchev–Trinajstić information content (AvgIpc) is 2.65. The number of nitrogens with zero attached hydrogens (tertiary/aromatic N) is 1. The molecular weight excluding hydrogens is 320 g/mol.